The maximum atomic E-state index is 13.2. The second-order valence-corrected chi connectivity index (χ2v) is 4.10. The average Bonchev–Trinajstić information content (AvgIpc) is 2.75. The third kappa shape index (κ3) is 2.18. The van der Waals surface area contributed by atoms with Gasteiger partial charge in [-0.3, -0.25) is 9.58 Å². The summed E-state index contributed by atoms with van der Waals surface area (Å²) in [4.78, 5) is 2.10. The van der Waals surface area contributed by atoms with Gasteiger partial charge in [-0.15, -0.1) is 0 Å². The van der Waals surface area contributed by atoms with Crippen LogP contribution in [0, 0.1) is 0 Å². The van der Waals surface area contributed by atoms with Gasteiger partial charge in [0.25, 0.3) is 0 Å². The molecule has 2 atom stereocenters. The molecule has 1 fully saturated rings. The lowest BCUT2D eigenvalue weighted by molar-refractivity contribution is 0.233. The minimum atomic E-state index is -0.730. The van der Waals surface area contributed by atoms with Gasteiger partial charge in [0.2, 0.25) is 0 Å². The summed E-state index contributed by atoms with van der Waals surface area (Å²) in [7, 11) is 1.90. The molecule has 1 aromatic rings. The normalized spacial score (nSPS) is 27.4. The van der Waals surface area contributed by atoms with Crippen LogP contribution in [-0.4, -0.2) is 40.0 Å². The summed E-state index contributed by atoms with van der Waals surface area (Å²) in [5.74, 6) is 0. The first-order valence-electron chi connectivity index (χ1n) is 5.25. The van der Waals surface area contributed by atoms with Crippen molar-refractivity contribution < 1.29 is 4.39 Å². The van der Waals surface area contributed by atoms with E-state index >= 15 is 0 Å². The topological polar surface area (TPSA) is 47.1 Å². The Morgan fingerprint density at radius 2 is 2.47 bits per heavy atom. The Bertz CT molecular complexity index is 325. The summed E-state index contributed by atoms with van der Waals surface area (Å²) < 4.78 is 15.0. The molecule has 1 aliphatic rings. The van der Waals surface area contributed by atoms with Crippen LogP contribution in [0.25, 0.3) is 0 Å². The maximum absolute atomic E-state index is 13.2. The molecule has 0 saturated carbocycles. The molecule has 0 spiro atoms. The van der Waals surface area contributed by atoms with Gasteiger partial charge in [-0.05, 0) is 12.5 Å². The monoisotopic (exact) mass is 212 g/mol. The molecule has 4 nitrogen and oxygen atoms in total. The number of alkyl halides is 1. The fourth-order valence-electron chi connectivity index (χ4n) is 2.13. The highest BCUT2D eigenvalue weighted by Gasteiger charge is 2.31. The van der Waals surface area contributed by atoms with E-state index in [2.05, 4.69) is 10.00 Å². The van der Waals surface area contributed by atoms with Crippen LogP contribution < -0.4 is 5.73 Å². The molecule has 1 aromatic heterocycles. The zero-order chi connectivity index (χ0) is 10.8. The van der Waals surface area contributed by atoms with E-state index in [-0.39, 0.29) is 6.04 Å². The van der Waals surface area contributed by atoms with E-state index in [0.717, 1.165) is 12.2 Å². The Kier molecular flexibility index (Phi) is 3.02. The third-order valence-corrected chi connectivity index (χ3v) is 3.04. The zero-order valence-electron chi connectivity index (χ0n) is 8.93. The van der Waals surface area contributed by atoms with Gasteiger partial charge in [-0.2, -0.15) is 5.10 Å². The number of nitrogens with two attached hydrogens (primary N) is 1. The molecule has 0 aromatic carbocycles. The van der Waals surface area contributed by atoms with E-state index in [0.29, 0.717) is 19.5 Å². The first kappa shape index (κ1) is 10.6. The van der Waals surface area contributed by atoms with Gasteiger partial charge >= 0.3 is 0 Å². The summed E-state index contributed by atoms with van der Waals surface area (Å²) in [5, 5.41) is 4.09. The molecule has 2 heterocycles. The summed E-state index contributed by atoms with van der Waals surface area (Å²) in [6.07, 6.45) is 1.59. The van der Waals surface area contributed by atoms with Crippen LogP contribution in [0.15, 0.2) is 12.3 Å². The molecule has 0 bridgehead atoms. The van der Waals surface area contributed by atoms with Crippen LogP contribution in [0.4, 0.5) is 4.39 Å². The van der Waals surface area contributed by atoms with E-state index in [1.807, 2.05) is 17.8 Å². The van der Waals surface area contributed by atoms with Crippen molar-refractivity contribution in [2.45, 2.75) is 25.2 Å². The molecule has 0 aliphatic carbocycles. The van der Waals surface area contributed by atoms with Crippen molar-refractivity contribution in [3.63, 3.8) is 0 Å². The van der Waals surface area contributed by atoms with Gasteiger partial charge in [0.15, 0.2) is 0 Å². The van der Waals surface area contributed by atoms with Crippen molar-refractivity contribution in [3.8, 4) is 0 Å². The number of rotatable bonds is 3. The lowest BCUT2D eigenvalue weighted by Gasteiger charge is -2.22. The summed E-state index contributed by atoms with van der Waals surface area (Å²) in [6, 6.07) is 2.13. The van der Waals surface area contributed by atoms with Gasteiger partial charge in [0.1, 0.15) is 6.17 Å². The standard InChI is InChI=1S/C10H17FN4/c1-14-9(2-3-13-14)7-15-6-8(11)4-10(15)5-12/h2-3,8,10H,4-7,12H2,1H3/t8-,10+/m0/s1. The van der Waals surface area contributed by atoms with Crippen LogP contribution in [0.5, 0.6) is 0 Å². The highest BCUT2D eigenvalue weighted by molar-refractivity contribution is 5.01. The Hall–Kier alpha value is -0.940. The number of hydrogen-bond acceptors (Lipinski definition) is 3. The van der Waals surface area contributed by atoms with Gasteiger partial charge in [-0.1, -0.05) is 0 Å². The lowest BCUT2D eigenvalue weighted by Crippen LogP contribution is -2.35. The largest absolute Gasteiger partial charge is 0.329 e. The predicted octanol–water partition coefficient (Wildman–Crippen LogP) is 0.291. The first-order valence-corrected chi connectivity index (χ1v) is 5.25. The summed E-state index contributed by atoms with van der Waals surface area (Å²) in [6.45, 7) is 1.75. The van der Waals surface area contributed by atoms with Gasteiger partial charge < -0.3 is 5.73 Å². The van der Waals surface area contributed by atoms with Crippen molar-refractivity contribution in [3.05, 3.63) is 18.0 Å². The summed E-state index contributed by atoms with van der Waals surface area (Å²) in [5.41, 5.74) is 6.72. The van der Waals surface area contributed by atoms with Gasteiger partial charge in [-0.25, -0.2) is 4.39 Å². The molecule has 1 aliphatic heterocycles. The second kappa shape index (κ2) is 4.28. The molecule has 2 rings (SSSR count). The third-order valence-electron chi connectivity index (χ3n) is 3.04. The maximum Gasteiger partial charge on any atom is 0.114 e. The smallest absolute Gasteiger partial charge is 0.114 e. The van der Waals surface area contributed by atoms with Crippen molar-refractivity contribution in [1.82, 2.24) is 14.7 Å². The molecule has 5 heteroatoms. The fourth-order valence-corrected chi connectivity index (χ4v) is 2.13. The lowest BCUT2D eigenvalue weighted by atomic mass is 10.2. The number of nitrogens with zero attached hydrogens (tertiary/aromatic N) is 3. The molecule has 0 unspecified atom stereocenters. The molecule has 15 heavy (non-hydrogen) atoms. The number of halogens is 1. The zero-order valence-corrected chi connectivity index (χ0v) is 8.93. The van der Waals surface area contributed by atoms with Gasteiger partial charge in [0.05, 0.1) is 5.69 Å². The van der Waals surface area contributed by atoms with Crippen molar-refractivity contribution in [2.24, 2.45) is 12.8 Å². The molecule has 84 valence electrons. The van der Waals surface area contributed by atoms with Gasteiger partial charge in [0, 0.05) is 38.9 Å². The quantitative estimate of drug-likeness (QED) is 0.783. The number of likely N-dealkylation sites (tertiary alicyclic amines) is 1. The predicted molar refractivity (Wildman–Crippen MR) is 56.0 cm³/mol. The second-order valence-electron chi connectivity index (χ2n) is 4.10. The van der Waals surface area contributed by atoms with Crippen molar-refractivity contribution in [2.75, 3.05) is 13.1 Å². The Labute approximate surface area is 88.9 Å². The van der Waals surface area contributed by atoms with E-state index < -0.39 is 6.17 Å². The SMILES string of the molecule is Cn1nccc1CN1C[C@@H](F)C[C@@H]1CN. The first-order chi connectivity index (χ1) is 7.20. The minimum Gasteiger partial charge on any atom is -0.329 e. The number of hydrogen-bond donors (Lipinski definition) is 1. The van der Waals surface area contributed by atoms with E-state index in [1.54, 1.807) is 6.20 Å². The average molecular weight is 212 g/mol. The molecular formula is C10H17FN4. The highest BCUT2D eigenvalue weighted by Crippen LogP contribution is 2.21. The molecule has 2 N–H and O–H groups in total. The molecule has 0 amide bonds. The van der Waals surface area contributed by atoms with Crippen LogP contribution in [0.2, 0.25) is 0 Å². The van der Waals surface area contributed by atoms with Crippen molar-refractivity contribution >= 4 is 0 Å². The Morgan fingerprint density at radius 1 is 1.67 bits per heavy atom. The van der Waals surface area contributed by atoms with E-state index in [4.69, 9.17) is 5.73 Å². The highest BCUT2D eigenvalue weighted by atomic mass is 19.1. The molecule has 1 saturated heterocycles. The Balaban J connectivity index is 2.02. The number of aryl methyl sites for hydroxylation is 1. The van der Waals surface area contributed by atoms with Crippen molar-refractivity contribution in [1.29, 1.82) is 0 Å². The van der Waals surface area contributed by atoms with Crippen LogP contribution >= 0.6 is 0 Å². The molecule has 0 radical (unpaired) electrons. The Morgan fingerprint density at radius 3 is 3.07 bits per heavy atom. The summed E-state index contributed by atoms with van der Waals surface area (Å²) >= 11 is 0. The minimum absolute atomic E-state index is 0.176. The van der Waals surface area contributed by atoms with Crippen LogP contribution in [0.3, 0.4) is 0 Å². The number of aromatic nitrogens is 2. The van der Waals surface area contributed by atoms with E-state index in [1.165, 1.54) is 0 Å². The molecular weight excluding hydrogens is 195 g/mol. The van der Waals surface area contributed by atoms with Crippen LogP contribution in [0.1, 0.15) is 12.1 Å². The van der Waals surface area contributed by atoms with E-state index in [9.17, 15) is 4.39 Å². The fraction of sp³-hybridized carbons (Fsp3) is 0.700. The van der Waals surface area contributed by atoms with Crippen LogP contribution in [-0.2, 0) is 13.6 Å².